The van der Waals surface area contributed by atoms with Gasteiger partial charge in [0.1, 0.15) is 0 Å². The third kappa shape index (κ3) is 3.16. The van der Waals surface area contributed by atoms with E-state index < -0.39 is 0 Å². The van der Waals surface area contributed by atoms with Crippen LogP contribution in [0.15, 0.2) is 0 Å². The summed E-state index contributed by atoms with van der Waals surface area (Å²) in [4.78, 5) is 17.7. The van der Waals surface area contributed by atoms with Gasteiger partial charge in [0.05, 0.1) is 0 Å². The molecule has 0 aromatic carbocycles. The number of hydrogen-bond donors (Lipinski definition) is 3. The molecule has 7 heteroatoms. The zero-order valence-corrected chi connectivity index (χ0v) is 9.94. The lowest BCUT2D eigenvalue weighted by molar-refractivity contribution is 0.0929. The Kier molecular flexibility index (Phi) is 3.58. The van der Waals surface area contributed by atoms with Crippen LogP contribution in [-0.4, -0.2) is 52.7 Å². The van der Waals surface area contributed by atoms with E-state index in [0.717, 1.165) is 25.9 Å². The number of nitrogens with zero attached hydrogens (tertiary/aromatic N) is 3. The topological polar surface area (TPSA) is 99.9 Å². The summed E-state index contributed by atoms with van der Waals surface area (Å²) < 4.78 is 0. The van der Waals surface area contributed by atoms with E-state index in [0.29, 0.717) is 12.5 Å². The van der Waals surface area contributed by atoms with Crippen molar-refractivity contribution in [3.05, 3.63) is 5.82 Å². The Morgan fingerprint density at radius 1 is 1.59 bits per heavy atom. The molecule has 1 aromatic rings. The summed E-state index contributed by atoms with van der Waals surface area (Å²) in [6, 6.07) is 0. The summed E-state index contributed by atoms with van der Waals surface area (Å²) in [5.74, 6) is 0.577. The fraction of sp³-hybridized carbons (Fsp3) is 0.700. The van der Waals surface area contributed by atoms with Crippen LogP contribution in [0.2, 0.25) is 0 Å². The Balaban J connectivity index is 1.76. The van der Waals surface area contributed by atoms with E-state index in [1.165, 1.54) is 0 Å². The minimum Gasteiger partial charge on any atom is -0.366 e. The van der Waals surface area contributed by atoms with Crippen molar-refractivity contribution < 1.29 is 4.79 Å². The third-order valence-corrected chi connectivity index (χ3v) is 3.11. The van der Waals surface area contributed by atoms with Crippen LogP contribution in [-0.2, 0) is 0 Å². The highest BCUT2D eigenvalue weighted by atomic mass is 16.2. The molecule has 1 fully saturated rings. The SMILES string of the molecule is CN1CCC(CNC(=O)c2nc(N)n[nH]2)CC1. The molecule has 0 unspecified atom stereocenters. The average Bonchev–Trinajstić information content (AvgIpc) is 2.75. The van der Waals surface area contributed by atoms with Crippen LogP contribution >= 0.6 is 0 Å². The first-order valence-corrected chi connectivity index (χ1v) is 5.80. The first-order valence-electron chi connectivity index (χ1n) is 5.80. The van der Waals surface area contributed by atoms with Crippen molar-refractivity contribution in [3.8, 4) is 0 Å². The van der Waals surface area contributed by atoms with Crippen LogP contribution in [0.3, 0.4) is 0 Å². The smallest absolute Gasteiger partial charge is 0.288 e. The van der Waals surface area contributed by atoms with Crippen LogP contribution in [0.1, 0.15) is 23.5 Å². The van der Waals surface area contributed by atoms with E-state index in [9.17, 15) is 4.79 Å². The van der Waals surface area contributed by atoms with Gasteiger partial charge in [-0.25, -0.2) is 0 Å². The van der Waals surface area contributed by atoms with Crippen LogP contribution in [0.5, 0.6) is 0 Å². The summed E-state index contributed by atoms with van der Waals surface area (Å²) in [7, 11) is 2.12. The lowest BCUT2D eigenvalue weighted by atomic mass is 9.97. The lowest BCUT2D eigenvalue weighted by Gasteiger charge is -2.28. The molecule has 1 aliphatic heterocycles. The molecule has 2 heterocycles. The van der Waals surface area contributed by atoms with E-state index in [1.54, 1.807) is 0 Å². The number of H-pyrrole nitrogens is 1. The maximum atomic E-state index is 11.7. The summed E-state index contributed by atoms with van der Waals surface area (Å²) >= 11 is 0. The molecular weight excluding hydrogens is 220 g/mol. The van der Waals surface area contributed by atoms with Crippen molar-refractivity contribution in [3.63, 3.8) is 0 Å². The maximum absolute atomic E-state index is 11.7. The number of carbonyl (C=O) groups excluding carboxylic acids is 1. The van der Waals surface area contributed by atoms with E-state index in [2.05, 4.69) is 32.4 Å². The second-order valence-corrected chi connectivity index (χ2v) is 4.50. The van der Waals surface area contributed by atoms with Gasteiger partial charge in [0, 0.05) is 6.54 Å². The number of hydrogen-bond acceptors (Lipinski definition) is 5. The highest BCUT2D eigenvalue weighted by Crippen LogP contribution is 2.14. The summed E-state index contributed by atoms with van der Waals surface area (Å²) in [6.07, 6.45) is 2.24. The number of anilines is 1. The van der Waals surface area contributed by atoms with Gasteiger partial charge in [-0.05, 0) is 38.9 Å². The molecule has 7 nitrogen and oxygen atoms in total. The quantitative estimate of drug-likeness (QED) is 0.656. The van der Waals surface area contributed by atoms with Gasteiger partial charge < -0.3 is 16.0 Å². The fourth-order valence-corrected chi connectivity index (χ4v) is 1.96. The average molecular weight is 238 g/mol. The first-order chi connectivity index (χ1) is 8.15. The van der Waals surface area contributed by atoms with Gasteiger partial charge >= 0.3 is 0 Å². The van der Waals surface area contributed by atoms with Gasteiger partial charge in [-0.15, -0.1) is 5.10 Å². The number of piperidine rings is 1. The van der Waals surface area contributed by atoms with Crippen molar-refractivity contribution in [1.82, 2.24) is 25.4 Å². The number of amides is 1. The normalized spacial score (nSPS) is 18.2. The fourth-order valence-electron chi connectivity index (χ4n) is 1.96. The molecule has 2 rings (SSSR count). The van der Waals surface area contributed by atoms with Crippen LogP contribution in [0, 0.1) is 5.92 Å². The largest absolute Gasteiger partial charge is 0.366 e. The number of aromatic amines is 1. The van der Waals surface area contributed by atoms with Crippen LogP contribution < -0.4 is 11.1 Å². The zero-order chi connectivity index (χ0) is 12.3. The molecule has 1 amide bonds. The summed E-state index contributed by atoms with van der Waals surface area (Å²) in [5.41, 5.74) is 5.33. The van der Waals surface area contributed by atoms with E-state index in [-0.39, 0.29) is 17.7 Å². The second kappa shape index (κ2) is 5.13. The number of nitrogen functional groups attached to an aromatic ring is 1. The predicted molar refractivity (Wildman–Crippen MR) is 63.3 cm³/mol. The number of nitrogens with two attached hydrogens (primary N) is 1. The number of likely N-dealkylation sites (tertiary alicyclic amines) is 1. The van der Waals surface area contributed by atoms with Crippen molar-refractivity contribution in [2.45, 2.75) is 12.8 Å². The van der Waals surface area contributed by atoms with Gasteiger partial charge in [0.25, 0.3) is 5.91 Å². The standard InChI is InChI=1S/C10H18N6O/c1-16-4-2-7(3-5-16)6-12-9(17)8-13-10(11)15-14-8/h7H,2-6H2,1H3,(H,12,17)(H3,11,13,14,15). The van der Waals surface area contributed by atoms with Crippen LogP contribution in [0.25, 0.3) is 0 Å². The van der Waals surface area contributed by atoms with Crippen molar-refractivity contribution in [2.75, 3.05) is 32.4 Å². The molecule has 1 saturated heterocycles. The summed E-state index contributed by atoms with van der Waals surface area (Å²) in [5, 5.41) is 8.96. The van der Waals surface area contributed by atoms with Crippen molar-refractivity contribution >= 4 is 11.9 Å². The summed E-state index contributed by atoms with van der Waals surface area (Å²) in [6.45, 7) is 2.87. The van der Waals surface area contributed by atoms with E-state index >= 15 is 0 Å². The Bertz CT molecular complexity index is 382. The molecule has 4 N–H and O–H groups in total. The third-order valence-electron chi connectivity index (χ3n) is 3.11. The van der Waals surface area contributed by atoms with E-state index in [4.69, 9.17) is 5.73 Å². The highest BCUT2D eigenvalue weighted by Gasteiger charge is 2.18. The van der Waals surface area contributed by atoms with Crippen molar-refractivity contribution in [1.29, 1.82) is 0 Å². The Hall–Kier alpha value is -1.63. The lowest BCUT2D eigenvalue weighted by Crippen LogP contribution is -2.37. The molecule has 1 aliphatic rings. The van der Waals surface area contributed by atoms with Gasteiger partial charge in [0.2, 0.25) is 11.8 Å². The van der Waals surface area contributed by atoms with Gasteiger partial charge in [-0.1, -0.05) is 0 Å². The molecular formula is C10H18N6O. The van der Waals surface area contributed by atoms with Gasteiger partial charge in [-0.3, -0.25) is 9.89 Å². The molecule has 94 valence electrons. The minimum absolute atomic E-state index is 0.0921. The number of aromatic nitrogens is 3. The molecule has 0 bridgehead atoms. The predicted octanol–water partition coefficient (Wildman–Crippen LogP) is -0.541. The van der Waals surface area contributed by atoms with Gasteiger partial charge in [0.15, 0.2) is 0 Å². The number of rotatable bonds is 3. The van der Waals surface area contributed by atoms with Crippen molar-refractivity contribution in [2.24, 2.45) is 5.92 Å². The second-order valence-electron chi connectivity index (χ2n) is 4.50. The van der Waals surface area contributed by atoms with E-state index in [1.807, 2.05) is 0 Å². The van der Waals surface area contributed by atoms with Gasteiger partial charge in [-0.2, -0.15) is 4.98 Å². The zero-order valence-electron chi connectivity index (χ0n) is 9.94. The Morgan fingerprint density at radius 2 is 2.29 bits per heavy atom. The monoisotopic (exact) mass is 238 g/mol. The molecule has 0 aliphatic carbocycles. The molecule has 17 heavy (non-hydrogen) atoms. The highest BCUT2D eigenvalue weighted by molar-refractivity contribution is 5.90. The Labute approximate surface area is 99.8 Å². The molecule has 1 aromatic heterocycles. The number of carbonyl (C=O) groups is 1. The number of nitrogens with one attached hydrogen (secondary N) is 2. The maximum Gasteiger partial charge on any atom is 0.288 e. The van der Waals surface area contributed by atoms with Crippen LogP contribution in [0.4, 0.5) is 5.95 Å². The minimum atomic E-state index is -0.242. The Morgan fingerprint density at radius 3 is 2.88 bits per heavy atom. The molecule has 0 saturated carbocycles. The molecule has 0 spiro atoms. The molecule has 0 atom stereocenters. The first kappa shape index (κ1) is 11.8. The molecule has 0 radical (unpaired) electrons.